The number of carboxylic acid groups (broad SMARTS) is 1. The van der Waals surface area contributed by atoms with Crippen LogP contribution < -0.4 is 10.6 Å². The van der Waals surface area contributed by atoms with Crippen molar-refractivity contribution in [1.29, 1.82) is 0 Å². The Morgan fingerprint density at radius 3 is 2.80 bits per heavy atom. The number of halogens is 1. The summed E-state index contributed by atoms with van der Waals surface area (Å²) in [4.78, 5) is 22.9. The van der Waals surface area contributed by atoms with E-state index < -0.39 is 28.0 Å². The van der Waals surface area contributed by atoms with Crippen LogP contribution in [0.5, 0.6) is 0 Å². The standard InChI is InChI=1S/C12H14FN3O4/c13-9-4-10(15-2-1-7(5-14)6-15)11(16(19)20)3-8(9)12(17)18/h3-4,7H,1-2,5-6,14H2,(H,17,18). The topological polar surface area (TPSA) is 110 Å². The highest BCUT2D eigenvalue weighted by Gasteiger charge is 2.29. The first kappa shape index (κ1) is 14.2. The van der Waals surface area contributed by atoms with Crippen molar-refractivity contribution in [3.8, 4) is 0 Å². The molecule has 1 heterocycles. The summed E-state index contributed by atoms with van der Waals surface area (Å²) in [6.45, 7) is 1.50. The predicted octanol–water partition coefficient (Wildman–Crippen LogP) is 1.22. The van der Waals surface area contributed by atoms with Crippen molar-refractivity contribution in [1.82, 2.24) is 0 Å². The third-order valence-electron chi connectivity index (χ3n) is 3.45. The minimum Gasteiger partial charge on any atom is -0.478 e. The van der Waals surface area contributed by atoms with Gasteiger partial charge in [-0.25, -0.2) is 9.18 Å². The van der Waals surface area contributed by atoms with E-state index in [0.717, 1.165) is 18.6 Å². The van der Waals surface area contributed by atoms with Crippen LogP contribution in [0.15, 0.2) is 12.1 Å². The van der Waals surface area contributed by atoms with E-state index in [0.29, 0.717) is 19.6 Å². The summed E-state index contributed by atoms with van der Waals surface area (Å²) in [5, 5.41) is 19.9. The Morgan fingerprint density at radius 1 is 1.60 bits per heavy atom. The smallest absolute Gasteiger partial charge is 0.338 e. The quantitative estimate of drug-likeness (QED) is 0.635. The lowest BCUT2D eigenvalue weighted by Gasteiger charge is -2.18. The van der Waals surface area contributed by atoms with Gasteiger partial charge < -0.3 is 15.7 Å². The zero-order chi connectivity index (χ0) is 14.9. The van der Waals surface area contributed by atoms with E-state index in [1.165, 1.54) is 0 Å². The molecule has 7 nitrogen and oxygen atoms in total. The maximum Gasteiger partial charge on any atom is 0.338 e. The molecule has 20 heavy (non-hydrogen) atoms. The molecule has 108 valence electrons. The lowest BCUT2D eigenvalue weighted by atomic mass is 10.1. The van der Waals surface area contributed by atoms with Crippen LogP contribution in [-0.2, 0) is 0 Å². The fourth-order valence-electron chi connectivity index (χ4n) is 2.36. The number of benzene rings is 1. The summed E-state index contributed by atoms with van der Waals surface area (Å²) in [6.07, 6.45) is 0.774. The second-order valence-corrected chi connectivity index (χ2v) is 4.72. The molecule has 3 N–H and O–H groups in total. The van der Waals surface area contributed by atoms with E-state index in [-0.39, 0.29) is 11.6 Å². The fourth-order valence-corrected chi connectivity index (χ4v) is 2.36. The van der Waals surface area contributed by atoms with Crippen LogP contribution in [0.3, 0.4) is 0 Å². The van der Waals surface area contributed by atoms with Crippen LogP contribution in [0.4, 0.5) is 15.8 Å². The van der Waals surface area contributed by atoms with Crippen LogP contribution in [0, 0.1) is 21.8 Å². The molecular formula is C12H14FN3O4. The molecule has 1 aromatic carbocycles. The summed E-state index contributed by atoms with van der Waals surface area (Å²) in [7, 11) is 0. The molecule has 1 aliphatic heterocycles. The van der Waals surface area contributed by atoms with Gasteiger partial charge in [0, 0.05) is 25.2 Å². The highest BCUT2D eigenvalue weighted by molar-refractivity contribution is 5.90. The lowest BCUT2D eigenvalue weighted by molar-refractivity contribution is -0.384. The number of anilines is 1. The zero-order valence-electron chi connectivity index (χ0n) is 10.6. The van der Waals surface area contributed by atoms with E-state index in [1.54, 1.807) is 4.90 Å². The van der Waals surface area contributed by atoms with Gasteiger partial charge in [-0.15, -0.1) is 0 Å². The predicted molar refractivity (Wildman–Crippen MR) is 69.4 cm³/mol. The Morgan fingerprint density at radius 2 is 2.30 bits per heavy atom. The zero-order valence-corrected chi connectivity index (χ0v) is 10.6. The van der Waals surface area contributed by atoms with Crippen molar-refractivity contribution in [2.75, 3.05) is 24.5 Å². The molecule has 1 aromatic rings. The highest BCUT2D eigenvalue weighted by atomic mass is 19.1. The van der Waals surface area contributed by atoms with Crippen molar-refractivity contribution >= 4 is 17.3 Å². The van der Waals surface area contributed by atoms with Crippen molar-refractivity contribution in [2.45, 2.75) is 6.42 Å². The van der Waals surface area contributed by atoms with E-state index in [9.17, 15) is 19.3 Å². The average molecular weight is 283 g/mol. The minimum atomic E-state index is -1.53. The number of nitro benzene ring substituents is 1. The molecule has 0 bridgehead atoms. The number of carbonyl (C=O) groups is 1. The highest BCUT2D eigenvalue weighted by Crippen LogP contribution is 2.34. The molecule has 8 heteroatoms. The molecule has 2 rings (SSSR count). The van der Waals surface area contributed by atoms with Crippen molar-refractivity contribution in [3.05, 3.63) is 33.6 Å². The minimum absolute atomic E-state index is 0.105. The van der Waals surface area contributed by atoms with E-state index >= 15 is 0 Å². The summed E-state index contributed by atoms with van der Waals surface area (Å²) < 4.78 is 13.7. The number of nitrogens with zero attached hydrogens (tertiary/aromatic N) is 2. The van der Waals surface area contributed by atoms with E-state index in [1.807, 2.05) is 0 Å². The van der Waals surface area contributed by atoms with Crippen LogP contribution >= 0.6 is 0 Å². The Bertz CT molecular complexity index is 564. The number of rotatable bonds is 4. The molecule has 0 saturated carbocycles. The molecule has 0 aromatic heterocycles. The summed E-state index contributed by atoms with van der Waals surface area (Å²) in [6, 6.07) is 1.68. The average Bonchev–Trinajstić information content (AvgIpc) is 2.86. The van der Waals surface area contributed by atoms with Gasteiger partial charge in [0.05, 0.1) is 4.92 Å². The van der Waals surface area contributed by atoms with Gasteiger partial charge in [-0.2, -0.15) is 0 Å². The van der Waals surface area contributed by atoms with Crippen LogP contribution in [0.1, 0.15) is 16.8 Å². The SMILES string of the molecule is NCC1CCN(c2cc(F)c(C(=O)O)cc2[N+](=O)[O-])C1. The van der Waals surface area contributed by atoms with Gasteiger partial charge in [0.2, 0.25) is 0 Å². The number of nitro groups is 1. The molecule has 0 amide bonds. The Labute approximate surface area is 113 Å². The van der Waals surface area contributed by atoms with Crippen molar-refractivity contribution in [2.24, 2.45) is 11.7 Å². The molecule has 0 spiro atoms. The number of nitrogens with two attached hydrogens (primary N) is 1. The van der Waals surface area contributed by atoms with Gasteiger partial charge in [0.25, 0.3) is 5.69 Å². The van der Waals surface area contributed by atoms with Crippen molar-refractivity contribution < 1.29 is 19.2 Å². The number of hydrogen-bond donors (Lipinski definition) is 2. The van der Waals surface area contributed by atoms with Crippen LogP contribution in [0.2, 0.25) is 0 Å². The van der Waals surface area contributed by atoms with Crippen molar-refractivity contribution in [3.63, 3.8) is 0 Å². The molecule has 1 fully saturated rings. The summed E-state index contributed by atoms with van der Waals surface area (Å²) >= 11 is 0. The molecule has 0 radical (unpaired) electrons. The number of aromatic carboxylic acids is 1. The second kappa shape index (κ2) is 5.41. The normalized spacial score (nSPS) is 18.3. The molecule has 1 saturated heterocycles. The Balaban J connectivity index is 2.45. The molecule has 1 aliphatic rings. The number of hydrogen-bond acceptors (Lipinski definition) is 5. The van der Waals surface area contributed by atoms with Crippen LogP contribution in [0.25, 0.3) is 0 Å². The first-order chi connectivity index (χ1) is 9.43. The van der Waals surface area contributed by atoms with Crippen LogP contribution in [-0.4, -0.2) is 35.6 Å². The largest absolute Gasteiger partial charge is 0.478 e. The van der Waals surface area contributed by atoms with Gasteiger partial charge >= 0.3 is 5.97 Å². The van der Waals surface area contributed by atoms with Gasteiger partial charge in [-0.05, 0) is 18.9 Å². The van der Waals surface area contributed by atoms with Gasteiger partial charge in [-0.3, -0.25) is 10.1 Å². The molecule has 1 unspecified atom stereocenters. The first-order valence-electron chi connectivity index (χ1n) is 6.10. The van der Waals surface area contributed by atoms with Gasteiger partial charge in [0.15, 0.2) is 0 Å². The lowest BCUT2D eigenvalue weighted by Crippen LogP contribution is -2.23. The number of carboxylic acids is 1. The second-order valence-electron chi connectivity index (χ2n) is 4.72. The maximum absolute atomic E-state index is 13.7. The van der Waals surface area contributed by atoms with Gasteiger partial charge in [0.1, 0.15) is 17.1 Å². The summed E-state index contributed by atoms with van der Waals surface area (Å²) in [5.41, 5.74) is 4.56. The molecule has 0 aliphatic carbocycles. The molecule has 1 atom stereocenters. The Kier molecular flexibility index (Phi) is 3.84. The Hall–Kier alpha value is -2.22. The van der Waals surface area contributed by atoms with E-state index in [4.69, 9.17) is 10.8 Å². The first-order valence-corrected chi connectivity index (χ1v) is 6.10. The monoisotopic (exact) mass is 283 g/mol. The van der Waals surface area contributed by atoms with E-state index in [2.05, 4.69) is 0 Å². The summed E-state index contributed by atoms with van der Waals surface area (Å²) in [5.74, 6) is -2.30. The molecular weight excluding hydrogens is 269 g/mol. The fraction of sp³-hybridized carbons (Fsp3) is 0.417. The van der Waals surface area contributed by atoms with Gasteiger partial charge in [-0.1, -0.05) is 0 Å². The third kappa shape index (κ3) is 2.55. The maximum atomic E-state index is 13.7. The third-order valence-corrected chi connectivity index (χ3v) is 3.45.